The molecular formula is C24H23F3N6O2. The smallest absolute Gasteiger partial charge is 0.422 e. The number of hydrogen-bond donors (Lipinski definition) is 3. The van der Waals surface area contributed by atoms with Crippen molar-refractivity contribution in [2.45, 2.75) is 25.6 Å². The SMILES string of the molecule is O=C1NCCCC=Cc2ccc(cc2)CNc2nc(nc(OCC(F)(F)F)n2)Nc2ccc1cc2. The number of rotatable bonds is 2. The number of carbonyl (C=O) groups excluding carboxylic acids is 1. The summed E-state index contributed by atoms with van der Waals surface area (Å²) in [5, 5.41) is 8.79. The second-order valence-electron chi connectivity index (χ2n) is 7.77. The van der Waals surface area contributed by atoms with E-state index in [0.717, 1.165) is 24.0 Å². The Morgan fingerprint density at radius 2 is 1.66 bits per heavy atom. The van der Waals surface area contributed by atoms with E-state index in [9.17, 15) is 18.0 Å². The molecule has 3 N–H and O–H groups in total. The van der Waals surface area contributed by atoms with E-state index >= 15 is 0 Å². The first-order valence-corrected chi connectivity index (χ1v) is 10.9. The quantitative estimate of drug-likeness (QED) is 0.485. The van der Waals surface area contributed by atoms with Crippen LogP contribution in [0.25, 0.3) is 6.08 Å². The third-order valence-electron chi connectivity index (χ3n) is 4.96. The molecular weight excluding hydrogens is 461 g/mol. The van der Waals surface area contributed by atoms with Crippen LogP contribution >= 0.6 is 0 Å². The van der Waals surface area contributed by atoms with E-state index in [1.165, 1.54) is 0 Å². The first kappa shape index (κ1) is 24.0. The van der Waals surface area contributed by atoms with Gasteiger partial charge in [-0.3, -0.25) is 4.79 Å². The van der Waals surface area contributed by atoms with Crippen LogP contribution in [0.1, 0.15) is 34.3 Å². The van der Waals surface area contributed by atoms with Crippen LogP contribution < -0.4 is 20.7 Å². The fraction of sp³-hybridized carbons (Fsp3) is 0.250. The van der Waals surface area contributed by atoms with Gasteiger partial charge < -0.3 is 20.7 Å². The van der Waals surface area contributed by atoms with Gasteiger partial charge in [-0.1, -0.05) is 36.4 Å². The zero-order chi connectivity index (χ0) is 24.7. The number of nitrogens with zero attached hydrogens (tertiary/aromatic N) is 3. The number of amides is 1. The van der Waals surface area contributed by atoms with Gasteiger partial charge in [-0.05, 0) is 48.2 Å². The van der Waals surface area contributed by atoms with E-state index in [1.807, 2.05) is 30.3 Å². The average Bonchev–Trinajstić information content (AvgIpc) is 2.84. The molecule has 1 aromatic heterocycles. The van der Waals surface area contributed by atoms with E-state index in [-0.39, 0.29) is 17.8 Å². The van der Waals surface area contributed by atoms with Gasteiger partial charge in [0.1, 0.15) is 0 Å². The lowest BCUT2D eigenvalue weighted by Crippen LogP contribution is -2.24. The average molecular weight is 484 g/mol. The van der Waals surface area contributed by atoms with Crippen LogP contribution in [0, 0.1) is 0 Å². The Morgan fingerprint density at radius 3 is 2.40 bits per heavy atom. The highest BCUT2D eigenvalue weighted by atomic mass is 19.4. The van der Waals surface area contributed by atoms with Crippen LogP contribution in [0.4, 0.5) is 30.8 Å². The van der Waals surface area contributed by atoms with Crippen LogP contribution in [0.15, 0.2) is 54.6 Å². The Bertz CT molecular complexity index is 1180. The number of alkyl halides is 3. The molecule has 3 aromatic rings. The summed E-state index contributed by atoms with van der Waals surface area (Å²) in [5.41, 5.74) is 2.97. The molecule has 0 atom stereocenters. The van der Waals surface area contributed by atoms with Crippen LogP contribution in [0.3, 0.4) is 0 Å². The van der Waals surface area contributed by atoms with Gasteiger partial charge >= 0.3 is 12.2 Å². The third kappa shape index (κ3) is 7.42. The Kier molecular flexibility index (Phi) is 7.44. The molecule has 4 aliphatic heterocycles. The van der Waals surface area contributed by atoms with E-state index in [1.54, 1.807) is 24.3 Å². The van der Waals surface area contributed by atoms with Crippen LogP contribution in [0.2, 0.25) is 0 Å². The van der Waals surface area contributed by atoms with Crippen molar-refractivity contribution in [3.63, 3.8) is 0 Å². The first-order chi connectivity index (χ1) is 16.8. The molecule has 35 heavy (non-hydrogen) atoms. The van der Waals surface area contributed by atoms with Crippen molar-refractivity contribution >= 4 is 29.6 Å². The Morgan fingerprint density at radius 1 is 0.914 bits per heavy atom. The van der Waals surface area contributed by atoms with Crippen molar-refractivity contribution < 1.29 is 22.7 Å². The molecule has 4 aliphatic rings. The van der Waals surface area contributed by atoms with Crippen molar-refractivity contribution in [1.29, 1.82) is 0 Å². The molecule has 0 saturated heterocycles. The molecule has 0 spiro atoms. The van der Waals surface area contributed by atoms with Gasteiger partial charge in [-0.25, -0.2) is 0 Å². The Balaban J connectivity index is 1.61. The number of carbonyl (C=O) groups is 1. The molecule has 0 aliphatic carbocycles. The lowest BCUT2D eigenvalue weighted by molar-refractivity contribution is -0.154. The summed E-state index contributed by atoms with van der Waals surface area (Å²) in [4.78, 5) is 24.5. The minimum atomic E-state index is -4.54. The van der Waals surface area contributed by atoms with Crippen molar-refractivity contribution in [2.75, 3.05) is 23.8 Å². The number of benzene rings is 2. The summed E-state index contributed by atoms with van der Waals surface area (Å²) in [6.45, 7) is -0.647. The molecule has 8 nitrogen and oxygen atoms in total. The predicted molar refractivity (Wildman–Crippen MR) is 125 cm³/mol. The number of nitrogens with one attached hydrogen (secondary N) is 3. The highest BCUT2D eigenvalue weighted by molar-refractivity contribution is 5.94. The summed E-state index contributed by atoms with van der Waals surface area (Å²) in [7, 11) is 0. The lowest BCUT2D eigenvalue weighted by Gasteiger charge is -2.12. The molecule has 0 fully saturated rings. The van der Waals surface area contributed by atoms with E-state index in [0.29, 0.717) is 24.3 Å². The topological polar surface area (TPSA) is 101 Å². The summed E-state index contributed by atoms with van der Waals surface area (Å²) < 4.78 is 42.7. The molecule has 0 radical (unpaired) electrons. The first-order valence-electron chi connectivity index (χ1n) is 10.9. The summed E-state index contributed by atoms with van der Waals surface area (Å²) in [5.74, 6) is -0.162. The Labute approximate surface area is 199 Å². The van der Waals surface area contributed by atoms with E-state index in [4.69, 9.17) is 4.74 Å². The van der Waals surface area contributed by atoms with Crippen molar-refractivity contribution in [1.82, 2.24) is 20.3 Å². The van der Waals surface area contributed by atoms with Gasteiger partial charge in [0.05, 0.1) is 0 Å². The molecule has 5 heterocycles. The van der Waals surface area contributed by atoms with Gasteiger partial charge in [-0.15, -0.1) is 0 Å². The van der Waals surface area contributed by atoms with E-state index in [2.05, 4.69) is 37.0 Å². The van der Waals surface area contributed by atoms with Gasteiger partial charge in [0.25, 0.3) is 5.91 Å². The predicted octanol–water partition coefficient (Wildman–Crippen LogP) is 4.71. The minimum absolute atomic E-state index is 0.0109. The summed E-state index contributed by atoms with van der Waals surface area (Å²) in [6.07, 6.45) is 1.15. The second kappa shape index (κ2) is 10.9. The van der Waals surface area contributed by atoms with Crippen LogP contribution in [0.5, 0.6) is 6.01 Å². The maximum atomic E-state index is 12.6. The third-order valence-corrected chi connectivity index (χ3v) is 4.96. The molecule has 182 valence electrons. The zero-order valence-electron chi connectivity index (χ0n) is 18.6. The van der Waals surface area contributed by atoms with Gasteiger partial charge in [0.2, 0.25) is 11.9 Å². The monoisotopic (exact) mass is 484 g/mol. The highest BCUT2D eigenvalue weighted by Crippen LogP contribution is 2.21. The van der Waals surface area contributed by atoms with Gasteiger partial charge in [-0.2, -0.15) is 28.1 Å². The van der Waals surface area contributed by atoms with Crippen LogP contribution in [-0.4, -0.2) is 40.2 Å². The standard InChI is InChI=1S/C24H23F3N6O2/c25-24(26,27)15-35-23-32-21-29-14-17-7-5-16(6-8-17)4-2-1-3-13-28-20(34)18-9-11-19(12-10-18)30-22(31-21)33-23/h2,4-12H,1,3,13-15H2,(H,28,34)(H2,29,30,31,32,33). The molecule has 0 saturated carbocycles. The van der Waals surface area contributed by atoms with Crippen LogP contribution in [-0.2, 0) is 6.54 Å². The molecule has 0 unspecified atom stereocenters. The molecule has 1 amide bonds. The lowest BCUT2D eigenvalue weighted by atomic mass is 10.1. The van der Waals surface area contributed by atoms with Crippen molar-refractivity contribution in [3.8, 4) is 6.01 Å². The highest BCUT2D eigenvalue weighted by Gasteiger charge is 2.29. The maximum absolute atomic E-state index is 12.6. The summed E-state index contributed by atoms with van der Waals surface area (Å²) in [6, 6.07) is 13.8. The fourth-order valence-electron chi connectivity index (χ4n) is 3.21. The fourth-order valence-corrected chi connectivity index (χ4v) is 3.21. The largest absolute Gasteiger partial charge is 0.454 e. The zero-order valence-corrected chi connectivity index (χ0v) is 18.6. The maximum Gasteiger partial charge on any atom is 0.422 e. The molecule has 11 heteroatoms. The van der Waals surface area contributed by atoms with Crippen molar-refractivity contribution in [2.24, 2.45) is 0 Å². The number of allylic oxidation sites excluding steroid dienone is 1. The molecule has 2 aromatic carbocycles. The van der Waals surface area contributed by atoms with Crippen molar-refractivity contribution in [3.05, 3.63) is 71.3 Å². The normalized spacial score (nSPS) is 14.4. The summed E-state index contributed by atoms with van der Waals surface area (Å²) >= 11 is 0. The number of aromatic nitrogens is 3. The number of hydrogen-bond acceptors (Lipinski definition) is 7. The Hall–Kier alpha value is -4.15. The van der Waals surface area contributed by atoms with E-state index < -0.39 is 18.8 Å². The molecule has 6 bridgehead atoms. The molecule has 7 rings (SSSR count). The second-order valence-corrected chi connectivity index (χ2v) is 7.77. The number of ether oxygens (including phenoxy) is 1. The minimum Gasteiger partial charge on any atom is -0.454 e. The number of halogens is 3. The van der Waals surface area contributed by atoms with Gasteiger partial charge in [0.15, 0.2) is 6.61 Å². The number of anilines is 3. The van der Waals surface area contributed by atoms with Gasteiger partial charge in [0, 0.05) is 24.3 Å².